The molecule has 1 aromatic heterocycles. The van der Waals surface area contributed by atoms with Crippen LogP contribution in [0.5, 0.6) is 0 Å². The van der Waals surface area contributed by atoms with Gasteiger partial charge in [0.15, 0.2) is 6.61 Å². The summed E-state index contributed by atoms with van der Waals surface area (Å²) in [7, 11) is 0. The SMILES string of the molecule is CCCn1c(N)c(C(=O)COC(=O)CC)c(=O)[nH]c1=O. The highest BCUT2D eigenvalue weighted by Crippen LogP contribution is 2.06. The molecule has 0 fully saturated rings. The van der Waals surface area contributed by atoms with E-state index in [-0.39, 0.29) is 24.3 Å². The number of esters is 1. The molecule has 0 aliphatic carbocycles. The van der Waals surface area contributed by atoms with E-state index in [0.29, 0.717) is 6.42 Å². The van der Waals surface area contributed by atoms with Crippen LogP contribution in [0.3, 0.4) is 0 Å². The third-order valence-corrected chi connectivity index (χ3v) is 2.62. The van der Waals surface area contributed by atoms with Crippen molar-refractivity contribution >= 4 is 17.6 Å². The third kappa shape index (κ3) is 3.34. The van der Waals surface area contributed by atoms with E-state index in [1.54, 1.807) is 6.92 Å². The fourth-order valence-corrected chi connectivity index (χ4v) is 1.62. The first kappa shape index (κ1) is 15.7. The molecule has 0 amide bonds. The van der Waals surface area contributed by atoms with Crippen LogP contribution in [0.15, 0.2) is 9.59 Å². The lowest BCUT2D eigenvalue weighted by Crippen LogP contribution is -2.37. The maximum absolute atomic E-state index is 11.9. The molecular formula is C12H17N3O5. The van der Waals surface area contributed by atoms with Crippen molar-refractivity contribution < 1.29 is 14.3 Å². The topological polar surface area (TPSA) is 124 Å². The molecular weight excluding hydrogens is 266 g/mol. The number of ether oxygens (including phenoxy) is 1. The van der Waals surface area contributed by atoms with Crippen molar-refractivity contribution in [2.24, 2.45) is 0 Å². The minimum Gasteiger partial charge on any atom is -0.457 e. The minimum absolute atomic E-state index is 0.119. The maximum Gasteiger partial charge on any atom is 0.329 e. The number of aromatic nitrogens is 2. The standard InChI is InChI=1S/C12H17N3O5/c1-3-5-15-10(13)9(11(18)14-12(15)19)7(16)6-20-8(17)4-2/h3-6,13H2,1-2H3,(H,14,18,19). The molecule has 0 aliphatic heterocycles. The highest BCUT2D eigenvalue weighted by Gasteiger charge is 2.20. The molecule has 0 spiro atoms. The zero-order valence-corrected chi connectivity index (χ0v) is 11.4. The molecule has 110 valence electrons. The number of hydrogen-bond donors (Lipinski definition) is 2. The van der Waals surface area contributed by atoms with Gasteiger partial charge in [-0.15, -0.1) is 0 Å². The predicted molar refractivity (Wildman–Crippen MR) is 71.6 cm³/mol. The van der Waals surface area contributed by atoms with Gasteiger partial charge in [-0.2, -0.15) is 0 Å². The Bertz CT molecular complexity index is 629. The van der Waals surface area contributed by atoms with E-state index in [1.165, 1.54) is 0 Å². The molecule has 1 rings (SSSR count). The summed E-state index contributed by atoms with van der Waals surface area (Å²) >= 11 is 0. The molecule has 0 unspecified atom stereocenters. The van der Waals surface area contributed by atoms with Crippen molar-refractivity contribution in [1.29, 1.82) is 0 Å². The zero-order chi connectivity index (χ0) is 15.3. The first-order chi connectivity index (χ1) is 9.42. The van der Waals surface area contributed by atoms with Crippen molar-refractivity contribution in [3.05, 3.63) is 26.4 Å². The van der Waals surface area contributed by atoms with Crippen molar-refractivity contribution in [1.82, 2.24) is 9.55 Å². The summed E-state index contributed by atoms with van der Waals surface area (Å²) in [6.07, 6.45) is 0.725. The number of carbonyl (C=O) groups is 2. The zero-order valence-electron chi connectivity index (χ0n) is 11.4. The number of nitrogens with zero attached hydrogens (tertiary/aromatic N) is 1. The van der Waals surface area contributed by atoms with Gasteiger partial charge < -0.3 is 10.5 Å². The van der Waals surface area contributed by atoms with E-state index in [9.17, 15) is 19.2 Å². The van der Waals surface area contributed by atoms with Crippen LogP contribution in [0.2, 0.25) is 0 Å². The Hall–Kier alpha value is -2.38. The van der Waals surface area contributed by atoms with Crippen molar-refractivity contribution in [3.63, 3.8) is 0 Å². The molecule has 0 saturated heterocycles. The van der Waals surface area contributed by atoms with Gasteiger partial charge in [0.2, 0.25) is 5.78 Å². The minimum atomic E-state index is -0.877. The lowest BCUT2D eigenvalue weighted by molar-refractivity contribution is -0.142. The van der Waals surface area contributed by atoms with Crippen LogP contribution in [-0.2, 0) is 16.1 Å². The molecule has 8 heteroatoms. The Labute approximate surface area is 114 Å². The number of anilines is 1. The van der Waals surface area contributed by atoms with E-state index < -0.39 is 29.6 Å². The van der Waals surface area contributed by atoms with E-state index in [1.807, 2.05) is 11.9 Å². The number of H-pyrrole nitrogens is 1. The van der Waals surface area contributed by atoms with Crippen LogP contribution < -0.4 is 17.0 Å². The number of nitrogens with one attached hydrogen (secondary N) is 1. The number of nitrogens with two attached hydrogens (primary N) is 1. The highest BCUT2D eigenvalue weighted by molar-refractivity contribution is 6.01. The quantitative estimate of drug-likeness (QED) is 0.544. The van der Waals surface area contributed by atoms with Crippen molar-refractivity contribution in [3.8, 4) is 0 Å². The lowest BCUT2D eigenvalue weighted by atomic mass is 10.2. The second-order valence-electron chi connectivity index (χ2n) is 4.11. The van der Waals surface area contributed by atoms with Crippen LogP contribution >= 0.6 is 0 Å². The van der Waals surface area contributed by atoms with E-state index in [2.05, 4.69) is 4.74 Å². The number of nitrogen functional groups attached to an aromatic ring is 1. The lowest BCUT2D eigenvalue weighted by Gasteiger charge is -2.11. The average molecular weight is 283 g/mol. The van der Waals surface area contributed by atoms with E-state index >= 15 is 0 Å². The molecule has 0 aromatic carbocycles. The number of carbonyl (C=O) groups excluding carboxylic acids is 2. The Morgan fingerprint density at radius 1 is 1.30 bits per heavy atom. The molecule has 0 radical (unpaired) electrons. The largest absolute Gasteiger partial charge is 0.457 e. The number of ketones is 1. The number of aromatic amines is 1. The molecule has 0 aliphatic rings. The summed E-state index contributed by atoms with van der Waals surface area (Å²) in [5.41, 5.74) is 3.79. The first-order valence-electron chi connectivity index (χ1n) is 6.23. The second-order valence-corrected chi connectivity index (χ2v) is 4.11. The van der Waals surface area contributed by atoms with Gasteiger partial charge in [-0.1, -0.05) is 13.8 Å². The molecule has 0 atom stereocenters. The van der Waals surface area contributed by atoms with Gasteiger partial charge >= 0.3 is 11.7 Å². The average Bonchev–Trinajstić information content (AvgIpc) is 2.40. The van der Waals surface area contributed by atoms with Gasteiger partial charge in [-0.25, -0.2) is 4.79 Å². The molecule has 8 nitrogen and oxygen atoms in total. The fourth-order valence-electron chi connectivity index (χ4n) is 1.62. The summed E-state index contributed by atoms with van der Waals surface area (Å²) in [6, 6.07) is 0. The molecule has 1 heterocycles. The van der Waals surface area contributed by atoms with Crippen LogP contribution in [0.4, 0.5) is 5.82 Å². The van der Waals surface area contributed by atoms with Crippen LogP contribution in [-0.4, -0.2) is 27.9 Å². The fraction of sp³-hybridized carbons (Fsp3) is 0.500. The highest BCUT2D eigenvalue weighted by atomic mass is 16.5. The predicted octanol–water partition coefficient (Wildman–Crippen LogP) is -0.335. The smallest absolute Gasteiger partial charge is 0.329 e. The Kier molecular flexibility index (Phi) is 5.24. The summed E-state index contributed by atoms with van der Waals surface area (Å²) < 4.78 is 5.77. The van der Waals surface area contributed by atoms with Crippen LogP contribution in [0, 0.1) is 0 Å². The maximum atomic E-state index is 11.9. The third-order valence-electron chi connectivity index (χ3n) is 2.62. The van der Waals surface area contributed by atoms with Crippen LogP contribution in [0.1, 0.15) is 37.0 Å². The van der Waals surface area contributed by atoms with Gasteiger partial charge in [0, 0.05) is 13.0 Å². The number of hydrogen-bond acceptors (Lipinski definition) is 6. The Balaban J connectivity index is 3.14. The Morgan fingerprint density at radius 2 is 1.95 bits per heavy atom. The monoisotopic (exact) mass is 283 g/mol. The van der Waals surface area contributed by atoms with Crippen molar-refractivity contribution in [2.75, 3.05) is 12.3 Å². The summed E-state index contributed by atoms with van der Waals surface area (Å²) in [5, 5.41) is 0. The number of rotatable bonds is 6. The van der Waals surface area contributed by atoms with Gasteiger partial charge in [0.1, 0.15) is 11.4 Å². The molecule has 20 heavy (non-hydrogen) atoms. The summed E-state index contributed by atoms with van der Waals surface area (Å²) in [6.45, 7) is 3.09. The van der Waals surface area contributed by atoms with Crippen molar-refractivity contribution in [2.45, 2.75) is 33.2 Å². The summed E-state index contributed by atoms with van der Waals surface area (Å²) in [5.74, 6) is -1.51. The Morgan fingerprint density at radius 3 is 2.50 bits per heavy atom. The van der Waals surface area contributed by atoms with E-state index in [0.717, 1.165) is 4.57 Å². The van der Waals surface area contributed by atoms with Gasteiger partial charge in [0.25, 0.3) is 5.56 Å². The van der Waals surface area contributed by atoms with Gasteiger partial charge in [0.05, 0.1) is 0 Å². The van der Waals surface area contributed by atoms with Crippen LogP contribution in [0.25, 0.3) is 0 Å². The molecule has 1 aromatic rings. The summed E-state index contributed by atoms with van der Waals surface area (Å²) in [4.78, 5) is 48.1. The molecule has 3 N–H and O–H groups in total. The molecule has 0 bridgehead atoms. The second kappa shape index (κ2) is 6.69. The first-order valence-corrected chi connectivity index (χ1v) is 6.23. The van der Waals surface area contributed by atoms with Gasteiger partial charge in [-0.05, 0) is 6.42 Å². The normalized spacial score (nSPS) is 10.3. The van der Waals surface area contributed by atoms with Gasteiger partial charge in [-0.3, -0.25) is 23.9 Å². The van der Waals surface area contributed by atoms with E-state index in [4.69, 9.17) is 5.73 Å². The number of Topliss-reactive ketones (excluding diaryl/α,β-unsaturated/α-hetero) is 1. The molecule has 0 saturated carbocycles.